The predicted octanol–water partition coefficient (Wildman–Crippen LogP) is 3.91. The van der Waals surface area contributed by atoms with Crippen LogP contribution < -0.4 is 5.32 Å². The third kappa shape index (κ3) is 4.11. The van der Waals surface area contributed by atoms with Crippen molar-refractivity contribution in [2.75, 3.05) is 0 Å². The van der Waals surface area contributed by atoms with E-state index in [1.54, 1.807) is 11.3 Å². The van der Waals surface area contributed by atoms with E-state index in [1.807, 2.05) is 12.1 Å². The minimum Gasteiger partial charge on any atom is -0.308 e. The Morgan fingerprint density at radius 2 is 1.82 bits per heavy atom. The van der Waals surface area contributed by atoms with Gasteiger partial charge in [-0.2, -0.15) is 0 Å². The highest BCUT2D eigenvalue weighted by Gasteiger charge is 1.99. The molecule has 0 radical (unpaired) electrons. The van der Waals surface area contributed by atoms with Crippen LogP contribution in [0, 0.1) is 12.7 Å². The Bertz CT molecular complexity index is 453. The number of benzene rings is 1. The summed E-state index contributed by atoms with van der Waals surface area (Å²) in [7, 11) is 0. The topological polar surface area (TPSA) is 12.0 Å². The summed E-state index contributed by atoms with van der Waals surface area (Å²) in [5.74, 6) is -0.183. The molecular weight excluding hydrogens is 257 g/mol. The predicted molar refractivity (Wildman–Crippen MR) is 73.2 cm³/mol. The molecule has 92 valence electrons. The highest BCUT2D eigenvalue weighted by Crippen LogP contribution is 2.15. The highest BCUT2D eigenvalue weighted by atomic mass is 35.5. The smallest absolute Gasteiger partial charge is 0.123 e. The maximum absolute atomic E-state index is 12.7. The molecule has 0 spiro atoms. The zero-order valence-electron chi connectivity index (χ0n) is 9.57. The van der Waals surface area contributed by atoms with Crippen LogP contribution >= 0.6 is 23.7 Å². The van der Waals surface area contributed by atoms with Crippen LogP contribution in [0.15, 0.2) is 35.7 Å². The van der Waals surface area contributed by atoms with E-state index in [4.69, 9.17) is 0 Å². The van der Waals surface area contributed by atoms with Crippen molar-refractivity contribution >= 4 is 23.7 Å². The fourth-order valence-corrected chi connectivity index (χ4v) is 2.38. The monoisotopic (exact) mass is 271 g/mol. The second-order valence-corrected chi connectivity index (χ2v) is 4.76. The lowest BCUT2D eigenvalue weighted by Gasteiger charge is -2.04. The number of thiophene rings is 1. The normalized spacial score (nSPS) is 10.0. The average Bonchev–Trinajstić information content (AvgIpc) is 2.68. The van der Waals surface area contributed by atoms with Crippen LogP contribution in [0.5, 0.6) is 0 Å². The number of hydrogen-bond donors (Lipinski definition) is 1. The van der Waals surface area contributed by atoms with E-state index in [2.05, 4.69) is 23.7 Å². The van der Waals surface area contributed by atoms with E-state index < -0.39 is 0 Å². The van der Waals surface area contributed by atoms with Gasteiger partial charge in [-0.3, -0.25) is 0 Å². The maximum atomic E-state index is 12.7. The number of aryl methyl sites for hydroxylation is 1. The van der Waals surface area contributed by atoms with Gasteiger partial charge in [0.2, 0.25) is 0 Å². The molecule has 0 saturated carbocycles. The van der Waals surface area contributed by atoms with Crippen LogP contribution in [0.25, 0.3) is 0 Å². The Balaban J connectivity index is 0.00000144. The molecule has 1 heterocycles. The van der Waals surface area contributed by atoms with Crippen LogP contribution in [0.3, 0.4) is 0 Å². The molecule has 4 heteroatoms. The fourth-order valence-electron chi connectivity index (χ4n) is 1.51. The van der Waals surface area contributed by atoms with Gasteiger partial charge in [0.1, 0.15) is 5.82 Å². The Hall–Kier alpha value is -0.900. The molecule has 0 unspecified atom stereocenters. The Labute approximate surface area is 111 Å². The molecule has 1 N–H and O–H groups in total. The molecule has 0 saturated heterocycles. The fraction of sp³-hybridized carbons (Fsp3) is 0.231. The van der Waals surface area contributed by atoms with Gasteiger partial charge in [-0.05, 0) is 41.6 Å². The Kier molecular flexibility index (Phi) is 5.62. The van der Waals surface area contributed by atoms with Gasteiger partial charge in [-0.25, -0.2) is 4.39 Å². The summed E-state index contributed by atoms with van der Waals surface area (Å²) in [6, 6.07) is 8.73. The summed E-state index contributed by atoms with van der Waals surface area (Å²) >= 11 is 1.76. The molecule has 17 heavy (non-hydrogen) atoms. The van der Waals surface area contributed by atoms with Crippen LogP contribution in [0.1, 0.15) is 16.0 Å². The highest BCUT2D eigenvalue weighted by molar-refractivity contribution is 7.10. The lowest BCUT2D eigenvalue weighted by molar-refractivity contribution is 0.625. The van der Waals surface area contributed by atoms with Crippen molar-refractivity contribution in [2.45, 2.75) is 20.0 Å². The van der Waals surface area contributed by atoms with E-state index >= 15 is 0 Å². The molecule has 0 amide bonds. The molecule has 0 atom stereocenters. The van der Waals surface area contributed by atoms with Crippen LogP contribution in [0.4, 0.5) is 4.39 Å². The van der Waals surface area contributed by atoms with Crippen LogP contribution in [-0.4, -0.2) is 0 Å². The van der Waals surface area contributed by atoms with Crippen LogP contribution in [0.2, 0.25) is 0 Å². The third-order valence-corrected chi connectivity index (χ3v) is 3.52. The van der Waals surface area contributed by atoms with Gasteiger partial charge in [0.25, 0.3) is 0 Å². The minimum absolute atomic E-state index is 0. The molecule has 0 aliphatic carbocycles. The van der Waals surface area contributed by atoms with Gasteiger partial charge in [0.15, 0.2) is 0 Å². The first-order valence-corrected chi connectivity index (χ1v) is 6.12. The molecule has 0 bridgehead atoms. The zero-order chi connectivity index (χ0) is 11.4. The van der Waals surface area contributed by atoms with Crippen molar-refractivity contribution in [3.63, 3.8) is 0 Å². The van der Waals surface area contributed by atoms with Crippen molar-refractivity contribution in [2.24, 2.45) is 0 Å². The molecule has 2 aromatic rings. The molecule has 0 aliphatic rings. The standard InChI is InChI=1S/C13H14FNS.ClH/c1-10-6-7-16-13(10)9-15-8-11-2-4-12(14)5-3-11;/h2-7,15H,8-9H2,1H3;1H. The second-order valence-electron chi connectivity index (χ2n) is 3.76. The zero-order valence-corrected chi connectivity index (χ0v) is 11.2. The summed E-state index contributed by atoms with van der Waals surface area (Å²) in [6.07, 6.45) is 0. The maximum Gasteiger partial charge on any atom is 0.123 e. The molecule has 0 fully saturated rings. The van der Waals surface area contributed by atoms with Crippen molar-refractivity contribution in [3.05, 3.63) is 57.5 Å². The average molecular weight is 272 g/mol. The van der Waals surface area contributed by atoms with Gasteiger partial charge in [-0.15, -0.1) is 23.7 Å². The summed E-state index contributed by atoms with van der Waals surface area (Å²) < 4.78 is 12.7. The molecule has 1 nitrogen and oxygen atoms in total. The van der Waals surface area contributed by atoms with Crippen molar-refractivity contribution < 1.29 is 4.39 Å². The molecule has 1 aromatic carbocycles. The quantitative estimate of drug-likeness (QED) is 0.889. The molecular formula is C13H15ClFNS. The largest absolute Gasteiger partial charge is 0.308 e. The number of halogens is 2. The van der Waals surface area contributed by atoms with Crippen molar-refractivity contribution in [1.29, 1.82) is 0 Å². The SMILES string of the molecule is Cc1ccsc1CNCc1ccc(F)cc1.Cl. The molecule has 1 aromatic heterocycles. The van der Waals surface area contributed by atoms with Gasteiger partial charge in [-0.1, -0.05) is 12.1 Å². The van der Waals surface area contributed by atoms with Crippen molar-refractivity contribution in [3.8, 4) is 0 Å². The summed E-state index contributed by atoms with van der Waals surface area (Å²) in [5, 5.41) is 5.45. The first-order chi connectivity index (χ1) is 7.75. The molecule has 2 rings (SSSR count). The first kappa shape index (κ1) is 14.2. The van der Waals surface area contributed by atoms with Gasteiger partial charge >= 0.3 is 0 Å². The minimum atomic E-state index is -0.183. The Morgan fingerprint density at radius 3 is 2.41 bits per heavy atom. The summed E-state index contributed by atoms with van der Waals surface area (Å²) in [5.41, 5.74) is 2.44. The second kappa shape index (κ2) is 6.74. The third-order valence-electron chi connectivity index (χ3n) is 2.50. The van der Waals surface area contributed by atoms with E-state index in [0.29, 0.717) is 0 Å². The van der Waals surface area contributed by atoms with Crippen molar-refractivity contribution in [1.82, 2.24) is 5.32 Å². The van der Waals surface area contributed by atoms with E-state index in [1.165, 1.54) is 22.6 Å². The number of rotatable bonds is 4. The van der Waals surface area contributed by atoms with Gasteiger partial charge in [0.05, 0.1) is 0 Å². The van der Waals surface area contributed by atoms with E-state index in [-0.39, 0.29) is 18.2 Å². The van der Waals surface area contributed by atoms with E-state index in [0.717, 1.165) is 18.7 Å². The van der Waals surface area contributed by atoms with E-state index in [9.17, 15) is 4.39 Å². The van der Waals surface area contributed by atoms with Gasteiger partial charge in [0, 0.05) is 18.0 Å². The Morgan fingerprint density at radius 1 is 1.12 bits per heavy atom. The number of nitrogens with one attached hydrogen (secondary N) is 1. The lowest BCUT2D eigenvalue weighted by atomic mass is 10.2. The number of hydrogen-bond acceptors (Lipinski definition) is 2. The molecule has 0 aliphatic heterocycles. The van der Waals surface area contributed by atoms with Crippen LogP contribution in [-0.2, 0) is 13.1 Å². The van der Waals surface area contributed by atoms with Gasteiger partial charge < -0.3 is 5.32 Å². The first-order valence-electron chi connectivity index (χ1n) is 5.24. The summed E-state index contributed by atoms with van der Waals surface area (Å²) in [4.78, 5) is 1.36. The summed E-state index contributed by atoms with van der Waals surface area (Å²) in [6.45, 7) is 3.77. The lowest BCUT2D eigenvalue weighted by Crippen LogP contribution is -2.12.